The Hall–Kier alpha value is -2.81. The van der Waals surface area contributed by atoms with Crippen molar-refractivity contribution in [3.8, 4) is 5.69 Å². The Bertz CT molecular complexity index is 726. The van der Waals surface area contributed by atoms with Gasteiger partial charge in [-0.1, -0.05) is 17.7 Å². The Labute approximate surface area is 123 Å². The number of hydrogen-bond donors (Lipinski definition) is 1. The van der Waals surface area contributed by atoms with Crippen LogP contribution in [-0.4, -0.2) is 10.5 Å². The predicted octanol–water partition coefficient (Wildman–Crippen LogP) is 4.04. The van der Waals surface area contributed by atoms with Gasteiger partial charge in [-0.2, -0.15) is 0 Å². The van der Waals surface area contributed by atoms with Gasteiger partial charge >= 0.3 is 0 Å². The average molecular weight is 276 g/mol. The summed E-state index contributed by atoms with van der Waals surface area (Å²) >= 11 is 0. The van der Waals surface area contributed by atoms with Crippen LogP contribution in [0.3, 0.4) is 0 Å². The van der Waals surface area contributed by atoms with Crippen LogP contribution in [-0.2, 0) is 0 Å². The summed E-state index contributed by atoms with van der Waals surface area (Å²) in [6, 6.07) is 19.2. The molecule has 21 heavy (non-hydrogen) atoms. The van der Waals surface area contributed by atoms with Gasteiger partial charge in [0.1, 0.15) is 0 Å². The van der Waals surface area contributed by atoms with Gasteiger partial charge in [-0.3, -0.25) is 4.79 Å². The maximum atomic E-state index is 12.2. The zero-order chi connectivity index (χ0) is 14.7. The molecule has 0 fully saturated rings. The highest BCUT2D eigenvalue weighted by Crippen LogP contribution is 2.13. The first kappa shape index (κ1) is 13.2. The molecule has 0 aliphatic rings. The summed E-state index contributed by atoms with van der Waals surface area (Å²) in [6.07, 6.45) is 3.95. The van der Waals surface area contributed by atoms with Gasteiger partial charge in [-0.05, 0) is 55.5 Å². The highest BCUT2D eigenvalue weighted by Gasteiger charge is 2.06. The van der Waals surface area contributed by atoms with Gasteiger partial charge in [-0.25, -0.2) is 0 Å². The number of aryl methyl sites for hydroxylation is 1. The summed E-state index contributed by atoms with van der Waals surface area (Å²) in [6.45, 7) is 2.02. The van der Waals surface area contributed by atoms with E-state index in [1.54, 1.807) is 0 Å². The number of carbonyl (C=O) groups is 1. The standard InChI is InChI=1S/C18H16N2O/c1-14-4-8-16(9-5-14)19-18(21)15-6-10-17(11-7-15)20-12-2-3-13-20/h2-13H,1H3,(H,19,21). The van der Waals surface area contributed by atoms with Crippen LogP contribution in [0.2, 0.25) is 0 Å². The van der Waals surface area contributed by atoms with Crippen LogP contribution >= 0.6 is 0 Å². The maximum Gasteiger partial charge on any atom is 0.255 e. The van der Waals surface area contributed by atoms with Crippen LogP contribution < -0.4 is 5.32 Å². The third-order valence-electron chi connectivity index (χ3n) is 3.34. The van der Waals surface area contributed by atoms with Gasteiger partial charge in [-0.15, -0.1) is 0 Å². The smallest absolute Gasteiger partial charge is 0.255 e. The van der Waals surface area contributed by atoms with Crippen molar-refractivity contribution >= 4 is 11.6 Å². The topological polar surface area (TPSA) is 34.0 Å². The number of nitrogens with zero attached hydrogens (tertiary/aromatic N) is 1. The van der Waals surface area contributed by atoms with Crippen LogP contribution in [0.5, 0.6) is 0 Å². The minimum Gasteiger partial charge on any atom is -0.324 e. The summed E-state index contributed by atoms with van der Waals surface area (Å²) in [7, 11) is 0. The number of carbonyl (C=O) groups excluding carboxylic acids is 1. The third kappa shape index (κ3) is 3.03. The lowest BCUT2D eigenvalue weighted by Crippen LogP contribution is -2.11. The first-order valence-electron chi connectivity index (χ1n) is 6.84. The normalized spacial score (nSPS) is 10.3. The van der Waals surface area contributed by atoms with Crippen LogP contribution in [0.4, 0.5) is 5.69 Å². The van der Waals surface area contributed by atoms with Crippen molar-refractivity contribution in [2.24, 2.45) is 0 Å². The average Bonchev–Trinajstić information content (AvgIpc) is 3.04. The second kappa shape index (κ2) is 5.67. The summed E-state index contributed by atoms with van der Waals surface area (Å²) < 4.78 is 2.00. The van der Waals surface area contributed by atoms with Gasteiger partial charge in [0, 0.05) is 29.3 Å². The summed E-state index contributed by atoms with van der Waals surface area (Å²) in [5, 5.41) is 2.89. The van der Waals surface area contributed by atoms with Gasteiger partial charge in [0.2, 0.25) is 0 Å². The lowest BCUT2D eigenvalue weighted by atomic mass is 10.1. The van der Waals surface area contributed by atoms with Gasteiger partial charge < -0.3 is 9.88 Å². The fourth-order valence-corrected chi connectivity index (χ4v) is 2.13. The molecule has 1 amide bonds. The molecule has 2 aromatic carbocycles. The van der Waals surface area contributed by atoms with Crippen molar-refractivity contribution in [2.45, 2.75) is 6.92 Å². The van der Waals surface area contributed by atoms with E-state index in [-0.39, 0.29) is 5.91 Å². The Morgan fingerprint density at radius 1 is 0.905 bits per heavy atom. The van der Waals surface area contributed by atoms with Crippen molar-refractivity contribution in [1.29, 1.82) is 0 Å². The molecule has 0 radical (unpaired) electrons. The number of hydrogen-bond acceptors (Lipinski definition) is 1. The fraction of sp³-hybridized carbons (Fsp3) is 0.0556. The van der Waals surface area contributed by atoms with Crippen molar-refractivity contribution in [3.63, 3.8) is 0 Å². The molecule has 1 N–H and O–H groups in total. The summed E-state index contributed by atoms with van der Waals surface area (Å²) in [5.74, 6) is -0.0992. The molecule has 0 saturated heterocycles. The van der Waals surface area contributed by atoms with E-state index in [1.165, 1.54) is 5.56 Å². The lowest BCUT2D eigenvalue weighted by Gasteiger charge is -2.07. The summed E-state index contributed by atoms with van der Waals surface area (Å²) in [4.78, 5) is 12.2. The molecule has 3 nitrogen and oxygen atoms in total. The van der Waals surface area contributed by atoms with E-state index in [4.69, 9.17) is 0 Å². The van der Waals surface area contributed by atoms with Gasteiger partial charge in [0.05, 0.1) is 0 Å². The van der Waals surface area contributed by atoms with Crippen molar-refractivity contribution in [1.82, 2.24) is 4.57 Å². The maximum absolute atomic E-state index is 12.2. The molecular weight excluding hydrogens is 260 g/mol. The number of rotatable bonds is 3. The molecular formula is C18H16N2O. The minimum atomic E-state index is -0.0992. The molecule has 1 heterocycles. The molecule has 3 rings (SSSR count). The zero-order valence-corrected chi connectivity index (χ0v) is 11.8. The SMILES string of the molecule is Cc1ccc(NC(=O)c2ccc(-n3cccc3)cc2)cc1. The quantitative estimate of drug-likeness (QED) is 0.769. The molecule has 104 valence electrons. The van der Waals surface area contributed by atoms with Crippen LogP contribution in [0.25, 0.3) is 5.69 Å². The van der Waals surface area contributed by atoms with Crippen LogP contribution in [0, 0.1) is 6.92 Å². The van der Waals surface area contributed by atoms with E-state index >= 15 is 0 Å². The van der Waals surface area contributed by atoms with Gasteiger partial charge in [0.25, 0.3) is 5.91 Å². The van der Waals surface area contributed by atoms with Crippen LogP contribution in [0.1, 0.15) is 15.9 Å². The number of aromatic nitrogens is 1. The van der Waals surface area contributed by atoms with E-state index in [2.05, 4.69) is 5.32 Å². The zero-order valence-electron chi connectivity index (χ0n) is 11.8. The van der Waals surface area contributed by atoms with E-state index in [1.807, 2.05) is 84.5 Å². The van der Waals surface area contributed by atoms with E-state index < -0.39 is 0 Å². The predicted molar refractivity (Wildman–Crippen MR) is 84.9 cm³/mol. The van der Waals surface area contributed by atoms with Crippen molar-refractivity contribution in [2.75, 3.05) is 5.32 Å². The molecule has 0 atom stereocenters. The van der Waals surface area contributed by atoms with E-state index in [0.29, 0.717) is 5.56 Å². The number of anilines is 1. The van der Waals surface area contributed by atoms with Crippen LogP contribution in [0.15, 0.2) is 73.1 Å². The van der Waals surface area contributed by atoms with E-state index in [0.717, 1.165) is 11.4 Å². The molecule has 1 aromatic heterocycles. The fourth-order valence-electron chi connectivity index (χ4n) is 2.13. The molecule has 3 aromatic rings. The van der Waals surface area contributed by atoms with E-state index in [9.17, 15) is 4.79 Å². The second-order valence-corrected chi connectivity index (χ2v) is 4.96. The molecule has 0 spiro atoms. The minimum absolute atomic E-state index is 0.0992. The molecule has 0 saturated carbocycles. The summed E-state index contributed by atoms with van der Waals surface area (Å²) in [5.41, 5.74) is 3.66. The number of amides is 1. The van der Waals surface area contributed by atoms with Crippen molar-refractivity contribution < 1.29 is 4.79 Å². The Kier molecular flexibility index (Phi) is 3.56. The number of nitrogens with one attached hydrogen (secondary N) is 1. The first-order chi connectivity index (χ1) is 10.2. The Morgan fingerprint density at radius 3 is 2.14 bits per heavy atom. The third-order valence-corrected chi connectivity index (χ3v) is 3.34. The highest BCUT2D eigenvalue weighted by molar-refractivity contribution is 6.04. The Balaban J connectivity index is 1.74. The lowest BCUT2D eigenvalue weighted by molar-refractivity contribution is 0.102. The molecule has 0 aliphatic heterocycles. The van der Waals surface area contributed by atoms with Gasteiger partial charge in [0.15, 0.2) is 0 Å². The molecule has 0 unspecified atom stereocenters. The molecule has 3 heteroatoms. The molecule has 0 bridgehead atoms. The second-order valence-electron chi connectivity index (χ2n) is 4.96. The largest absolute Gasteiger partial charge is 0.324 e. The Morgan fingerprint density at radius 2 is 1.52 bits per heavy atom. The molecule has 0 aliphatic carbocycles. The highest BCUT2D eigenvalue weighted by atomic mass is 16.1. The number of benzene rings is 2. The first-order valence-corrected chi connectivity index (χ1v) is 6.84. The van der Waals surface area contributed by atoms with Crippen molar-refractivity contribution in [3.05, 3.63) is 84.2 Å². The monoisotopic (exact) mass is 276 g/mol.